The van der Waals surface area contributed by atoms with Crippen LogP contribution < -0.4 is 0 Å². The molecule has 0 aliphatic carbocycles. The fourth-order valence-electron chi connectivity index (χ4n) is 2.00. The fraction of sp³-hybridized carbons (Fsp3) is 0.600. The van der Waals surface area contributed by atoms with Crippen molar-refractivity contribution >= 4 is 21.8 Å². The van der Waals surface area contributed by atoms with E-state index in [0.717, 1.165) is 0 Å². The SMILES string of the molecule is CC(C)(C)C(=O)COC(=O)c1cc(S(=O)(=O)N2CCOCC2)c[nH]1. The van der Waals surface area contributed by atoms with Gasteiger partial charge in [-0.3, -0.25) is 4.79 Å². The van der Waals surface area contributed by atoms with Gasteiger partial charge in [0, 0.05) is 24.7 Å². The number of morpholine rings is 1. The first-order valence-corrected chi connectivity index (χ1v) is 9.03. The summed E-state index contributed by atoms with van der Waals surface area (Å²) in [6, 6.07) is 1.22. The normalized spacial score (nSPS) is 16.8. The van der Waals surface area contributed by atoms with Crippen molar-refractivity contribution in [3.05, 3.63) is 18.0 Å². The number of ketones is 1. The lowest BCUT2D eigenvalue weighted by Crippen LogP contribution is -2.40. The van der Waals surface area contributed by atoms with E-state index in [9.17, 15) is 18.0 Å². The maximum absolute atomic E-state index is 12.5. The molecule has 0 saturated carbocycles. The number of hydrogen-bond donors (Lipinski definition) is 1. The van der Waals surface area contributed by atoms with E-state index < -0.39 is 21.4 Å². The number of nitrogens with zero attached hydrogens (tertiary/aromatic N) is 1. The molecule has 1 aliphatic heterocycles. The standard InChI is InChI=1S/C15H22N2O6S/c1-15(2,3)13(18)10-23-14(19)12-8-11(9-16-12)24(20,21)17-4-6-22-7-5-17/h8-9,16H,4-7,10H2,1-3H3. The summed E-state index contributed by atoms with van der Waals surface area (Å²) in [6.45, 7) is 6.05. The van der Waals surface area contributed by atoms with Crippen LogP contribution in [0.2, 0.25) is 0 Å². The molecule has 1 saturated heterocycles. The Morgan fingerprint density at radius 3 is 2.50 bits per heavy atom. The van der Waals surface area contributed by atoms with Gasteiger partial charge in [0.25, 0.3) is 0 Å². The third kappa shape index (κ3) is 4.22. The van der Waals surface area contributed by atoms with E-state index in [1.54, 1.807) is 20.8 Å². The molecule has 134 valence electrons. The van der Waals surface area contributed by atoms with Gasteiger partial charge in [-0.25, -0.2) is 13.2 Å². The highest BCUT2D eigenvalue weighted by atomic mass is 32.2. The number of rotatable bonds is 5. The van der Waals surface area contributed by atoms with Crippen molar-refractivity contribution in [3.8, 4) is 0 Å². The fourth-order valence-corrected chi connectivity index (χ4v) is 3.41. The number of carbonyl (C=O) groups excluding carboxylic acids is 2. The number of H-pyrrole nitrogens is 1. The highest BCUT2D eigenvalue weighted by molar-refractivity contribution is 7.89. The molecule has 1 N–H and O–H groups in total. The monoisotopic (exact) mass is 358 g/mol. The minimum absolute atomic E-state index is 0.0106. The average molecular weight is 358 g/mol. The highest BCUT2D eigenvalue weighted by Crippen LogP contribution is 2.19. The Bertz CT molecular complexity index is 711. The van der Waals surface area contributed by atoms with E-state index in [1.807, 2.05) is 0 Å². The molecule has 0 bridgehead atoms. The second kappa shape index (κ2) is 7.04. The van der Waals surface area contributed by atoms with Crippen molar-refractivity contribution < 1.29 is 27.5 Å². The van der Waals surface area contributed by atoms with Gasteiger partial charge in [0.1, 0.15) is 10.6 Å². The van der Waals surface area contributed by atoms with E-state index in [1.165, 1.54) is 16.6 Å². The molecule has 0 radical (unpaired) electrons. The van der Waals surface area contributed by atoms with Gasteiger partial charge in [0.05, 0.1) is 13.2 Å². The summed E-state index contributed by atoms with van der Waals surface area (Å²) in [4.78, 5) is 26.3. The smallest absolute Gasteiger partial charge is 0.355 e. The highest BCUT2D eigenvalue weighted by Gasteiger charge is 2.28. The van der Waals surface area contributed by atoms with Crippen LogP contribution >= 0.6 is 0 Å². The Balaban J connectivity index is 2.04. The number of ether oxygens (including phenoxy) is 2. The summed E-state index contributed by atoms with van der Waals surface area (Å²) in [5.74, 6) is -0.986. The van der Waals surface area contributed by atoms with Crippen LogP contribution in [0.3, 0.4) is 0 Å². The molecule has 2 heterocycles. The van der Waals surface area contributed by atoms with Crippen LogP contribution in [0.4, 0.5) is 0 Å². The molecule has 2 rings (SSSR count). The lowest BCUT2D eigenvalue weighted by Gasteiger charge is -2.25. The Kier molecular flexibility index (Phi) is 5.46. The van der Waals surface area contributed by atoms with Gasteiger partial charge in [-0.15, -0.1) is 0 Å². The minimum Gasteiger partial charge on any atom is -0.453 e. The molecule has 0 unspecified atom stereocenters. The van der Waals surface area contributed by atoms with Crippen molar-refractivity contribution in [2.45, 2.75) is 25.7 Å². The van der Waals surface area contributed by atoms with E-state index in [0.29, 0.717) is 13.2 Å². The van der Waals surface area contributed by atoms with E-state index in [-0.39, 0.29) is 36.1 Å². The van der Waals surface area contributed by atoms with Crippen LogP contribution in [-0.2, 0) is 24.3 Å². The first-order chi connectivity index (χ1) is 11.1. The molecular formula is C15H22N2O6S. The zero-order valence-electron chi connectivity index (χ0n) is 14.0. The summed E-state index contributed by atoms with van der Waals surface area (Å²) in [7, 11) is -3.68. The van der Waals surface area contributed by atoms with Gasteiger partial charge in [-0.2, -0.15) is 4.31 Å². The van der Waals surface area contributed by atoms with Crippen molar-refractivity contribution in [2.75, 3.05) is 32.9 Å². The molecule has 0 amide bonds. The summed E-state index contributed by atoms with van der Waals surface area (Å²) >= 11 is 0. The first kappa shape index (κ1) is 18.6. The number of aromatic amines is 1. The van der Waals surface area contributed by atoms with E-state index in [2.05, 4.69) is 4.98 Å². The summed E-state index contributed by atoms with van der Waals surface area (Å²) in [5.41, 5.74) is -0.621. The second-order valence-electron chi connectivity index (χ2n) is 6.51. The van der Waals surface area contributed by atoms with Crippen molar-refractivity contribution in [3.63, 3.8) is 0 Å². The third-order valence-electron chi connectivity index (χ3n) is 3.66. The zero-order valence-corrected chi connectivity index (χ0v) is 14.8. The summed E-state index contributed by atoms with van der Waals surface area (Å²) in [6.07, 6.45) is 1.24. The molecule has 1 fully saturated rings. The molecule has 0 aromatic carbocycles. The predicted molar refractivity (Wildman–Crippen MR) is 85.1 cm³/mol. The Hall–Kier alpha value is -1.71. The van der Waals surface area contributed by atoms with Crippen LogP contribution in [0.25, 0.3) is 0 Å². The molecule has 1 aromatic rings. The number of esters is 1. The first-order valence-electron chi connectivity index (χ1n) is 7.59. The third-order valence-corrected chi connectivity index (χ3v) is 5.53. The predicted octanol–water partition coefficient (Wildman–Crippen LogP) is 0.808. The van der Waals surface area contributed by atoms with Crippen LogP contribution in [0.1, 0.15) is 31.3 Å². The number of carbonyl (C=O) groups is 2. The zero-order chi connectivity index (χ0) is 18.0. The molecular weight excluding hydrogens is 336 g/mol. The van der Waals surface area contributed by atoms with Crippen LogP contribution in [0, 0.1) is 5.41 Å². The van der Waals surface area contributed by atoms with Gasteiger partial charge >= 0.3 is 5.97 Å². The summed E-state index contributed by atoms with van der Waals surface area (Å²) in [5, 5.41) is 0. The molecule has 9 heteroatoms. The average Bonchev–Trinajstić information content (AvgIpc) is 3.03. The van der Waals surface area contributed by atoms with Gasteiger partial charge in [0.15, 0.2) is 12.4 Å². The lowest BCUT2D eigenvalue weighted by atomic mass is 9.91. The van der Waals surface area contributed by atoms with Crippen molar-refractivity contribution in [2.24, 2.45) is 5.41 Å². The topological polar surface area (TPSA) is 106 Å². The van der Waals surface area contributed by atoms with Gasteiger partial charge in [0.2, 0.25) is 10.0 Å². The van der Waals surface area contributed by atoms with Crippen LogP contribution in [0.15, 0.2) is 17.2 Å². The quantitative estimate of drug-likeness (QED) is 0.781. The second-order valence-corrected chi connectivity index (χ2v) is 8.45. The Labute approximate surface area is 141 Å². The van der Waals surface area contributed by atoms with Gasteiger partial charge in [-0.05, 0) is 6.07 Å². The van der Waals surface area contributed by atoms with E-state index >= 15 is 0 Å². The Morgan fingerprint density at radius 1 is 1.29 bits per heavy atom. The van der Waals surface area contributed by atoms with Gasteiger partial charge in [-0.1, -0.05) is 20.8 Å². The van der Waals surface area contributed by atoms with E-state index in [4.69, 9.17) is 9.47 Å². The Morgan fingerprint density at radius 2 is 1.92 bits per heavy atom. The molecule has 1 aromatic heterocycles. The molecule has 0 spiro atoms. The van der Waals surface area contributed by atoms with Crippen LogP contribution in [-0.4, -0.2) is 62.4 Å². The molecule has 8 nitrogen and oxygen atoms in total. The van der Waals surface area contributed by atoms with Crippen LogP contribution in [0.5, 0.6) is 0 Å². The summed E-state index contributed by atoms with van der Waals surface area (Å²) < 4.78 is 36.3. The maximum atomic E-state index is 12.5. The lowest BCUT2D eigenvalue weighted by molar-refractivity contribution is -0.129. The molecule has 0 atom stereocenters. The molecule has 1 aliphatic rings. The number of aromatic nitrogens is 1. The molecule has 24 heavy (non-hydrogen) atoms. The number of Topliss-reactive ketones (excluding diaryl/α,β-unsaturated/α-hetero) is 1. The van der Waals surface area contributed by atoms with Crippen molar-refractivity contribution in [1.82, 2.24) is 9.29 Å². The number of sulfonamides is 1. The maximum Gasteiger partial charge on any atom is 0.355 e. The number of nitrogens with one attached hydrogen (secondary N) is 1. The minimum atomic E-state index is -3.68. The van der Waals surface area contributed by atoms with Crippen molar-refractivity contribution in [1.29, 1.82) is 0 Å². The van der Waals surface area contributed by atoms with Gasteiger partial charge < -0.3 is 14.5 Å². The largest absolute Gasteiger partial charge is 0.453 e. The number of hydrogen-bond acceptors (Lipinski definition) is 6.